The van der Waals surface area contributed by atoms with Crippen molar-refractivity contribution in [3.63, 3.8) is 0 Å². The standard InChI is InChI=1S/C18H14ClFN2O/c19-15-12-14(8-9-16(15)20)21-18(23)17(22-10-4-5-11-22)13-6-2-1-3-7-13/h1-12,17H,(H,21,23)/t17-/m1/s1. The van der Waals surface area contributed by atoms with E-state index in [2.05, 4.69) is 5.32 Å². The number of hydrogen-bond acceptors (Lipinski definition) is 1. The molecule has 0 fully saturated rings. The van der Waals surface area contributed by atoms with E-state index in [0.717, 1.165) is 5.56 Å². The number of nitrogens with zero attached hydrogens (tertiary/aromatic N) is 1. The zero-order chi connectivity index (χ0) is 16.2. The number of benzene rings is 2. The number of aromatic nitrogens is 1. The summed E-state index contributed by atoms with van der Waals surface area (Å²) in [6.45, 7) is 0. The van der Waals surface area contributed by atoms with Gasteiger partial charge in [0.1, 0.15) is 11.9 Å². The van der Waals surface area contributed by atoms with E-state index in [1.165, 1.54) is 18.2 Å². The predicted molar refractivity (Wildman–Crippen MR) is 89.1 cm³/mol. The molecule has 0 aliphatic heterocycles. The van der Waals surface area contributed by atoms with E-state index in [0.29, 0.717) is 5.69 Å². The van der Waals surface area contributed by atoms with Gasteiger partial charge in [0.25, 0.3) is 5.91 Å². The second kappa shape index (κ2) is 6.67. The van der Waals surface area contributed by atoms with Crippen molar-refractivity contribution in [1.29, 1.82) is 0 Å². The lowest BCUT2D eigenvalue weighted by molar-refractivity contribution is -0.118. The Labute approximate surface area is 138 Å². The fourth-order valence-electron chi connectivity index (χ4n) is 2.40. The number of amides is 1. The highest BCUT2D eigenvalue weighted by Gasteiger charge is 2.22. The molecular weight excluding hydrogens is 315 g/mol. The van der Waals surface area contributed by atoms with Crippen molar-refractivity contribution in [2.24, 2.45) is 0 Å². The molecule has 0 spiro atoms. The Morgan fingerprint density at radius 2 is 1.74 bits per heavy atom. The number of hydrogen-bond donors (Lipinski definition) is 1. The van der Waals surface area contributed by atoms with Gasteiger partial charge in [-0.25, -0.2) is 4.39 Å². The zero-order valence-electron chi connectivity index (χ0n) is 12.1. The van der Waals surface area contributed by atoms with Crippen LogP contribution in [0.3, 0.4) is 0 Å². The highest BCUT2D eigenvalue weighted by Crippen LogP contribution is 2.23. The van der Waals surface area contributed by atoms with Gasteiger partial charge in [-0.2, -0.15) is 0 Å². The minimum absolute atomic E-state index is 0.0278. The lowest BCUT2D eigenvalue weighted by Gasteiger charge is -2.19. The van der Waals surface area contributed by atoms with E-state index in [9.17, 15) is 9.18 Å². The van der Waals surface area contributed by atoms with Gasteiger partial charge in [0.05, 0.1) is 5.02 Å². The lowest BCUT2D eigenvalue weighted by atomic mass is 10.1. The minimum atomic E-state index is -0.519. The van der Waals surface area contributed by atoms with E-state index in [4.69, 9.17) is 11.6 Å². The molecule has 3 rings (SSSR count). The van der Waals surface area contributed by atoms with Gasteiger partial charge >= 0.3 is 0 Å². The molecular formula is C18H14ClFN2O. The Kier molecular flexibility index (Phi) is 4.44. The SMILES string of the molecule is O=C(Nc1ccc(F)c(Cl)c1)[C@@H](c1ccccc1)n1cccc1. The van der Waals surface area contributed by atoms with Crippen molar-refractivity contribution in [1.82, 2.24) is 4.57 Å². The van der Waals surface area contributed by atoms with Crippen LogP contribution in [0.2, 0.25) is 5.02 Å². The summed E-state index contributed by atoms with van der Waals surface area (Å²) in [5.74, 6) is -0.746. The summed E-state index contributed by atoms with van der Waals surface area (Å²) in [4.78, 5) is 12.7. The molecule has 1 amide bonds. The second-order valence-corrected chi connectivity index (χ2v) is 5.47. The third kappa shape index (κ3) is 3.43. The molecule has 2 aromatic carbocycles. The predicted octanol–water partition coefficient (Wildman–Crippen LogP) is 4.51. The smallest absolute Gasteiger partial charge is 0.252 e. The highest BCUT2D eigenvalue weighted by atomic mass is 35.5. The summed E-state index contributed by atoms with van der Waals surface area (Å²) in [5, 5.41) is 2.76. The summed E-state index contributed by atoms with van der Waals surface area (Å²) >= 11 is 5.76. The molecule has 5 heteroatoms. The van der Waals surface area contributed by atoms with Crippen LogP contribution in [0.15, 0.2) is 73.1 Å². The maximum Gasteiger partial charge on any atom is 0.252 e. The van der Waals surface area contributed by atoms with Crippen LogP contribution < -0.4 is 5.32 Å². The first-order chi connectivity index (χ1) is 11.1. The van der Waals surface area contributed by atoms with Crippen molar-refractivity contribution in [2.45, 2.75) is 6.04 Å². The fraction of sp³-hybridized carbons (Fsp3) is 0.0556. The van der Waals surface area contributed by atoms with Crippen molar-refractivity contribution in [2.75, 3.05) is 5.32 Å². The number of halogens is 2. The van der Waals surface area contributed by atoms with E-state index < -0.39 is 11.9 Å². The maximum absolute atomic E-state index is 13.2. The third-order valence-electron chi connectivity index (χ3n) is 3.48. The monoisotopic (exact) mass is 328 g/mol. The molecule has 0 aliphatic carbocycles. The van der Waals surface area contributed by atoms with Crippen molar-refractivity contribution in [3.8, 4) is 0 Å². The molecule has 0 radical (unpaired) electrons. The molecule has 23 heavy (non-hydrogen) atoms. The van der Waals surface area contributed by atoms with Crippen LogP contribution in [0, 0.1) is 5.82 Å². The van der Waals surface area contributed by atoms with Crippen LogP contribution in [0.5, 0.6) is 0 Å². The van der Waals surface area contributed by atoms with Gasteiger partial charge < -0.3 is 9.88 Å². The first kappa shape index (κ1) is 15.3. The Hall–Kier alpha value is -2.59. The van der Waals surface area contributed by atoms with E-state index in [1.54, 1.807) is 0 Å². The Morgan fingerprint density at radius 1 is 1.04 bits per heavy atom. The summed E-state index contributed by atoms with van der Waals surface area (Å²) < 4.78 is 15.0. The fourth-order valence-corrected chi connectivity index (χ4v) is 2.58. The van der Waals surface area contributed by atoms with Crippen molar-refractivity contribution in [3.05, 3.63) is 89.5 Å². The molecule has 0 saturated carbocycles. The molecule has 1 N–H and O–H groups in total. The van der Waals surface area contributed by atoms with Crippen molar-refractivity contribution >= 4 is 23.2 Å². The molecule has 1 heterocycles. The van der Waals surface area contributed by atoms with Gasteiger partial charge in [-0.15, -0.1) is 0 Å². The van der Waals surface area contributed by atoms with Crippen LogP contribution in [-0.4, -0.2) is 10.5 Å². The zero-order valence-corrected chi connectivity index (χ0v) is 12.9. The first-order valence-electron chi connectivity index (χ1n) is 7.08. The van der Waals surface area contributed by atoms with Crippen LogP contribution >= 0.6 is 11.6 Å². The largest absolute Gasteiger partial charge is 0.338 e. The van der Waals surface area contributed by atoms with E-state index in [-0.39, 0.29) is 10.9 Å². The molecule has 1 aromatic heterocycles. The number of rotatable bonds is 4. The molecule has 116 valence electrons. The average Bonchev–Trinajstić information content (AvgIpc) is 3.06. The van der Waals surface area contributed by atoms with Gasteiger partial charge in [-0.05, 0) is 35.9 Å². The number of nitrogens with one attached hydrogen (secondary N) is 1. The van der Waals surface area contributed by atoms with Gasteiger partial charge in [0, 0.05) is 18.1 Å². The molecule has 0 saturated heterocycles. The van der Waals surface area contributed by atoms with Crippen LogP contribution in [-0.2, 0) is 4.79 Å². The van der Waals surface area contributed by atoms with Crippen LogP contribution in [0.4, 0.5) is 10.1 Å². The summed E-state index contributed by atoms with van der Waals surface area (Å²) in [6, 6.07) is 16.7. The summed E-state index contributed by atoms with van der Waals surface area (Å²) in [5.41, 5.74) is 1.31. The summed E-state index contributed by atoms with van der Waals surface area (Å²) in [7, 11) is 0. The first-order valence-corrected chi connectivity index (χ1v) is 7.46. The van der Waals surface area contributed by atoms with E-state index >= 15 is 0 Å². The second-order valence-electron chi connectivity index (χ2n) is 5.06. The maximum atomic E-state index is 13.2. The Bertz CT molecular complexity index is 803. The summed E-state index contributed by atoms with van der Waals surface area (Å²) in [6.07, 6.45) is 3.66. The molecule has 3 nitrogen and oxygen atoms in total. The average molecular weight is 329 g/mol. The third-order valence-corrected chi connectivity index (χ3v) is 3.77. The molecule has 0 unspecified atom stereocenters. The van der Waals surface area contributed by atoms with Crippen LogP contribution in [0.1, 0.15) is 11.6 Å². The topological polar surface area (TPSA) is 34.0 Å². The molecule has 3 aromatic rings. The number of carbonyl (C=O) groups is 1. The molecule has 1 atom stereocenters. The normalized spacial score (nSPS) is 11.9. The van der Waals surface area contributed by atoms with Gasteiger partial charge in [0.15, 0.2) is 0 Å². The van der Waals surface area contributed by atoms with Gasteiger partial charge in [-0.1, -0.05) is 41.9 Å². The van der Waals surface area contributed by atoms with Crippen molar-refractivity contribution < 1.29 is 9.18 Å². The Balaban J connectivity index is 1.90. The number of anilines is 1. The lowest BCUT2D eigenvalue weighted by Crippen LogP contribution is -2.26. The Morgan fingerprint density at radius 3 is 2.39 bits per heavy atom. The minimum Gasteiger partial charge on any atom is -0.338 e. The number of carbonyl (C=O) groups excluding carboxylic acids is 1. The van der Waals surface area contributed by atoms with E-state index in [1.807, 2.05) is 59.4 Å². The molecule has 0 aliphatic rings. The van der Waals surface area contributed by atoms with Gasteiger partial charge in [0.2, 0.25) is 0 Å². The molecule has 0 bridgehead atoms. The van der Waals surface area contributed by atoms with Crippen LogP contribution in [0.25, 0.3) is 0 Å². The highest BCUT2D eigenvalue weighted by molar-refractivity contribution is 6.31. The van der Waals surface area contributed by atoms with Gasteiger partial charge in [-0.3, -0.25) is 4.79 Å². The quantitative estimate of drug-likeness (QED) is 0.751.